The first-order valence-electron chi connectivity index (χ1n) is 6.38. The predicted octanol–water partition coefficient (Wildman–Crippen LogP) is 3.38. The Balaban J connectivity index is 2.11. The summed E-state index contributed by atoms with van der Waals surface area (Å²) < 4.78 is 3.73. The number of nitrogens with zero attached hydrogens (tertiary/aromatic N) is 1. The van der Waals surface area contributed by atoms with E-state index in [2.05, 4.69) is 44.0 Å². The highest BCUT2D eigenvalue weighted by Gasteiger charge is 2.29. The summed E-state index contributed by atoms with van der Waals surface area (Å²) in [5, 5.41) is 5.12. The SMILES string of the molecule is Brc1ccc2c(c1)c1c3n2CCNC3CCC1. The Morgan fingerprint density at radius 3 is 3.24 bits per heavy atom. The minimum absolute atomic E-state index is 0.596. The van der Waals surface area contributed by atoms with Crippen LogP contribution in [0.5, 0.6) is 0 Å². The van der Waals surface area contributed by atoms with Crippen LogP contribution in [0.25, 0.3) is 10.9 Å². The lowest BCUT2D eigenvalue weighted by Gasteiger charge is -2.31. The van der Waals surface area contributed by atoms with Gasteiger partial charge in [-0.25, -0.2) is 0 Å². The zero-order chi connectivity index (χ0) is 11.4. The van der Waals surface area contributed by atoms with Crippen LogP contribution < -0.4 is 5.32 Å². The summed E-state index contributed by atoms with van der Waals surface area (Å²) in [5.74, 6) is 0. The van der Waals surface area contributed by atoms with Gasteiger partial charge in [0.15, 0.2) is 0 Å². The monoisotopic (exact) mass is 290 g/mol. The van der Waals surface area contributed by atoms with Gasteiger partial charge in [0, 0.05) is 40.2 Å². The largest absolute Gasteiger partial charge is 0.342 e. The van der Waals surface area contributed by atoms with Crippen LogP contribution in [-0.2, 0) is 13.0 Å². The third kappa shape index (κ3) is 1.36. The van der Waals surface area contributed by atoms with Crippen LogP contribution in [0, 0.1) is 0 Å². The molecule has 1 aliphatic carbocycles. The highest BCUT2D eigenvalue weighted by molar-refractivity contribution is 9.10. The van der Waals surface area contributed by atoms with Gasteiger partial charge in [-0.3, -0.25) is 0 Å². The van der Waals surface area contributed by atoms with Crippen LogP contribution in [0.1, 0.15) is 30.1 Å². The fourth-order valence-corrected chi connectivity index (χ4v) is 3.85. The molecule has 0 spiro atoms. The first-order valence-corrected chi connectivity index (χ1v) is 7.18. The van der Waals surface area contributed by atoms with E-state index in [0.717, 1.165) is 13.1 Å². The summed E-state index contributed by atoms with van der Waals surface area (Å²) in [6, 6.07) is 7.31. The van der Waals surface area contributed by atoms with Crippen LogP contribution >= 0.6 is 15.9 Å². The number of hydrogen-bond acceptors (Lipinski definition) is 1. The number of nitrogens with one attached hydrogen (secondary N) is 1. The minimum Gasteiger partial charge on any atom is -0.342 e. The molecule has 2 aromatic rings. The zero-order valence-corrected chi connectivity index (χ0v) is 11.3. The molecule has 1 aromatic heterocycles. The van der Waals surface area contributed by atoms with E-state index in [1.165, 1.54) is 34.6 Å². The fraction of sp³-hybridized carbons (Fsp3) is 0.429. The molecule has 2 nitrogen and oxygen atoms in total. The summed E-state index contributed by atoms with van der Waals surface area (Å²) in [7, 11) is 0. The molecule has 88 valence electrons. The molecular weight excluding hydrogens is 276 g/mol. The van der Waals surface area contributed by atoms with Gasteiger partial charge in [0.2, 0.25) is 0 Å². The number of halogens is 1. The average molecular weight is 291 g/mol. The maximum Gasteiger partial charge on any atom is 0.0487 e. The molecule has 0 saturated heterocycles. The zero-order valence-electron chi connectivity index (χ0n) is 9.67. The van der Waals surface area contributed by atoms with E-state index in [9.17, 15) is 0 Å². The Labute approximate surface area is 109 Å². The van der Waals surface area contributed by atoms with Crippen LogP contribution in [0.4, 0.5) is 0 Å². The molecule has 1 aromatic carbocycles. The van der Waals surface area contributed by atoms with E-state index in [0.29, 0.717) is 6.04 Å². The molecule has 17 heavy (non-hydrogen) atoms. The summed E-state index contributed by atoms with van der Waals surface area (Å²) in [6.07, 6.45) is 3.86. The second-order valence-electron chi connectivity index (χ2n) is 5.08. The van der Waals surface area contributed by atoms with Crippen LogP contribution in [0.15, 0.2) is 22.7 Å². The third-order valence-corrected chi connectivity index (χ3v) is 4.64. The first kappa shape index (κ1) is 10.2. The van der Waals surface area contributed by atoms with Gasteiger partial charge in [-0.1, -0.05) is 15.9 Å². The Bertz CT molecular complexity index is 598. The lowest BCUT2D eigenvalue weighted by Crippen LogP contribution is -2.35. The number of rotatable bonds is 0. The number of fused-ring (bicyclic) bond motifs is 3. The number of benzene rings is 1. The lowest BCUT2D eigenvalue weighted by molar-refractivity contribution is 0.384. The molecule has 1 aliphatic heterocycles. The van der Waals surface area contributed by atoms with E-state index in [-0.39, 0.29) is 0 Å². The van der Waals surface area contributed by atoms with Gasteiger partial charge in [0.05, 0.1) is 0 Å². The Morgan fingerprint density at radius 2 is 2.29 bits per heavy atom. The number of hydrogen-bond donors (Lipinski definition) is 1. The second-order valence-corrected chi connectivity index (χ2v) is 5.99. The fourth-order valence-electron chi connectivity index (χ4n) is 3.49. The summed E-state index contributed by atoms with van der Waals surface area (Å²) in [6.45, 7) is 2.22. The van der Waals surface area contributed by atoms with Crippen molar-refractivity contribution in [1.82, 2.24) is 9.88 Å². The van der Waals surface area contributed by atoms with E-state index < -0.39 is 0 Å². The molecule has 1 unspecified atom stereocenters. The number of aryl methyl sites for hydroxylation is 1. The molecule has 0 saturated carbocycles. The van der Waals surface area contributed by atoms with Crippen molar-refractivity contribution >= 4 is 26.8 Å². The van der Waals surface area contributed by atoms with E-state index in [1.54, 1.807) is 11.3 Å². The quantitative estimate of drug-likeness (QED) is 0.787. The molecule has 0 amide bonds. The van der Waals surface area contributed by atoms with Crippen molar-refractivity contribution in [3.63, 3.8) is 0 Å². The van der Waals surface area contributed by atoms with Gasteiger partial charge in [0.1, 0.15) is 0 Å². The Hall–Kier alpha value is -0.800. The topological polar surface area (TPSA) is 17.0 Å². The van der Waals surface area contributed by atoms with Crippen molar-refractivity contribution in [1.29, 1.82) is 0 Å². The molecule has 1 atom stereocenters. The molecule has 1 N–H and O–H groups in total. The van der Waals surface area contributed by atoms with Crippen molar-refractivity contribution < 1.29 is 0 Å². The van der Waals surface area contributed by atoms with Gasteiger partial charge < -0.3 is 9.88 Å². The lowest BCUT2D eigenvalue weighted by atomic mass is 9.91. The van der Waals surface area contributed by atoms with Crippen molar-refractivity contribution in [2.75, 3.05) is 6.54 Å². The first-order chi connectivity index (χ1) is 8.34. The van der Waals surface area contributed by atoms with E-state index >= 15 is 0 Å². The van der Waals surface area contributed by atoms with Gasteiger partial charge in [-0.2, -0.15) is 0 Å². The highest BCUT2D eigenvalue weighted by atomic mass is 79.9. The minimum atomic E-state index is 0.596. The summed E-state index contributed by atoms with van der Waals surface area (Å²) in [5.41, 5.74) is 4.58. The molecule has 2 aliphatic rings. The maximum atomic E-state index is 3.66. The standard InChI is InChI=1S/C14H15BrN2/c15-9-4-5-13-11(8-9)10-2-1-3-12-14(10)17(13)7-6-16-12/h4-5,8,12,16H,1-3,6-7H2. The second kappa shape index (κ2) is 3.59. The maximum absolute atomic E-state index is 3.66. The average Bonchev–Trinajstić information content (AvgIpc) is 2.67. The van der Waals surface area contributed by atoms with E-state index in [4.69, 9.17) is 0 Å². The number of aromatic nitrogens is 1. The smallest absolute Gasteiger partial charge is 0.0487 e. The van der Waals surface area contributed by atoms with Gasteiger partial charge in [0.25, 0.3) is 0 Å². The normalized spacial score (nSPS) is 22.8. The van der Waals surface area contributed by atoms with Crippen molar-refractivity contribution in [2.24, 2.45) is 0 Å². The molecule has 4 rings (SSSR count). The van der Waals surface area contributed by atoms with Crippen molar-refractivity contribution in [2.45, 2.75) is 31.8 Å². The molecule has 3 heteroatoms. The van der Waals surface area contributed by atoms with Crippen LogP contribution in [0.2, 0.25) is 0 Å². The molecule has 2 heterocycles. The Morgan fingerprint density at radius 1 is 1.35 bits per heavy atom. The van der Waals surface area contributed by atoms with Gasteiger partial charge in [-0.15, -0.1) is 0 Å². The van der Waals surface area contributed by atoms with Gasteiger partial charge >= 0.3 is 0 Å². The highest BCUT2D eigenvalue weighted by Crippen LogP contribution is 2.39. The molecule has 0 radical (unpaired) electrons. The van der Waals surface area contributed by atoms with Gasteiger partial charge in [-0.05, 0) is 43.0 Å². The van der Waals surface area contributed by atoms with Crippen molar-refractivity contribution in [3.8, 4) is 0 Å². The van der Waals surface area contributed by atoms with Crippen LogP contribution in [0.3, 0.4) is 0 Å². The summed E-state index contributed by atoms with van der Waals surface area (Å²) >= 11 is 3.60. The summed E-state index contributed by atoms with van der Waals surface area (Å²) in [4.78, 5) is 0. The Kier molecular flexibility index (Phi) is 2.15. The van der Waals surface area contributed by atoms with Crippen LogP contribution in [-0.4, -0.2) is 11.1 Å². The third-order valence-electron chi connectivity index (χ3n) is 4.15. The molecular formula is C14H15BrN2. The molecule has 0 bridgehead atoms. The molecule has 0 fully saturated rings. The van der Waals surface area contributed by atoms with Crippen molar-refractivity contribution in [3.05, 3.63) is 33.9 Å². The predicted molar refractivity (Wildman–Crippen MR) is 73.3 cm³/mol. The van der Waals surface area contributed by atoms with E-state index in [1.807, 2.05) is 0 Å².